The van der Waals surface area contributed by atoms with Gasteiger partial charge in [0.1, 0.15) is 17.6 Å². The third kappa shape index (κ3) is 3.99. The van der Waals surface area contributed by atoms with Gasteiger partial charge >= 0.3 is 12.3 Å². The largest absolute Gasteiger partial charge is 0.455 e. The van der Waals surface area contributed by atoms with Crippen LogP contribution >= 0.6 is 0 Å². The molecule has 0 spiro atoms. The van der Waals surface area contributed by atoms with E-state index in [1.807, 2.05) is 36.4 Å². The Bertz CT molecular complexity index is 672. The highest BCUT2D eigenvalue weighted by molar-refractivity contribution is 5.74. The van der Waals surface area contributed by atoms with E-state index >= 15 is 0 Å². The molecule has 2 aromatic rings. The molecule has 5 rings (SSSR count). The molecule has 3 heterocycles. The van der Waals surface area contributed by atoms with Crippen LogP contribution in [0.4, 0.5) is 0 Å². The first kappa shape index (κ1) is 16.9. The maximum absolute atomic E-state index is 12.8. The van der Waals surface area contributed by atoms with Crippen LogP contribution in [0, 0.1) is 5.92 Å². The smallest absolute Gasteiger partial charge is 0.389 e. The van der Waals surface area contributed by atoms with Crippen molar-refractivity contribution in [2.45, 2.75) is 25.2 Å². The van der Waals surface area contributed by atoms with Gasteiger partial charge in [0, 0.05) is 6.54 Å². The summed E-state index contributed by atoms with van der Waals surface area (Å²) in [5.74, 6) is 1.10. The van der Waals surface area contributed by atoms with Crippen molar-refractivity contribution >= 4 is 5.97 Å². The van der Waals surface area contributed by atoms with Crippen LogP contribution in [0.2, 0.25) is 0 Å². The van der Waals surface area contributed by atoms with Crippen LogP contribution in [0.5, 0.6) is 11.5 Å². The summed E-state index contributed by atoms with van der Waals surface area (Å²) in [7, 11) is 0. The minimum absolute atomic E-state index is 0.0775. The summed E-state index contributed by atoms with van der Waals surface area (Å²) >= 11 is 0. The van der Waals surface area contributed by atoms with Crippen molar-refractivity contribution in [1.29, 1.82) is 0 Å². The molecule has 26 heavy (non-hydrogen) atoms. The lowest BCUT2D eigenvalue weighted by atomic mass is 9.86. The number of carbonyl (C=O) groups excluding carboxylic acids is 1. The first-order valence-corrected chi connectivity index (χ1v) is 9.14. The lowest BCUT2D eigenvalue weighted by Crippen LogP contribution is -2.53. The van der Waals surface area contributed by atoms with Crippen molar-refractivity contribution < 1.29 is 19.0 Å². The van der Waals surface area contributed by atoms with Gasteiger partial charge in [-0.1, -0.05) is 36.4 Å². The molecule has 0 radical (unpaired) electrons. The predicted octanol–water partition coefficient (Wildman–Crippen LogP) is 3.11. The van der Waals surface area contributed by atoms with Gasteiger partial charge in [-0.05, 0) is 56.1 Å². The number of nitrogens with zero attached hydrogens (tertiary/aromatic N) is 1. The average Bonchev–Trinajstić information content (AvgIpc) is 2.70. The molecule has 3 aliphatic heterocycles. The molecule has 2 aromatic carbocycles. The molecule has 0 aromatic heterocycles. The zero-order valence-corrected chi connectivity index (χ0v) is 14.6. The van der Waals surface area contributed by atoms with Gasteiger partial charge in [0.05, 0.1) is 0 Å². The van der Waals surface area contributed by atoms with Crippen LogP contribution < -0.4 is 9.47 Å². The zero-order valence-electron chi connectivity index (χ0n) is 14.6. The van der Waals surface area contributed by atoms with Crippen LogP contribution in [0.1, 0.15) is 12.8 Å². The van der Waals surface area contributed by atoms with Gasteiger partial charge in [0.15, 0.2) is 0 Å². The zero-order chi connectivity index (χ0) is 17.8. The maximum atomic E-state index is 12.8. The van der Waals surface area contributed by atoms with Crippen LogP contribution in [-0.2, 0) is 9.53 Å². The number of hydrogen-bond donors (Lipinski definition) is 0. The predicted molar refractivity (Wildman–Crippen MR) is 97.0 cm³/mol. The summed E-state index contributed by atoms with van der Waals surface area (Å²) in [6, 6.07) is 18.4. The van der Waals surface area contributed by atoms with Crippen LogP contribution in [0.3, 0.4) is 0 Å². The van der Waals surface area contributed by atoms with Gasteiger partial charge in [-0.25, -0.2) is 4.79 Å². The highest BCUT2D eigenvalue weighted by Gasteiger charge is 2.38. The summed E-state index contributed by atoms with van der Waals surface area (Å²) in [5, 5.41) is 0. The number of piperidine rings is 3. The molecule has 0 amide bonds. The summed E-state index contributed by atoms with van der Waals surface area (Å²) < 4.78 is 17.4. The molecular weight excluding hydrogens is 330 g/mol. The number of fused-ring (bicyclic) bond motifs is 3. The summed E-state index contributed by atoms with van der Waals surface area (Å²) in [5.41, 5.74) is 0. The van der Waals surface area contributed by atoms with E-state index in [0.29, 0.717) is 17.4 Å². The lowest BCUT2D eigenvalue weighted by Gasteiger charge is -2.44. The SMILES string of the molecule is O=C(OC1CN2CCC1CC2)C(Oc1ccccc1)Oc1ccccc1. The fourth-order valence-corrected chi connectivity index (χ4v) is 3.61. The molecule has 3 aliphatic rings. The van der Waals surface area contributed by atoms with E-state index in [2.05, 4.69) is 4.90 Å². The molecule has 5 nitrogen and oxygen atoms in total. The third-order valence-electron chi connectivity index (χ3n) is 5.03. The Labute approximate surface area is 153 Å². The highest BCUT2D eigenvalue weighted by atomic mass is 16.7. The van der Waals surface area contributed by atoms with Crippen LogP contribution in [0.15, 0.2) is 60.7 Å². The number of carbonyl (C=O) groups is 1. The van der Waals surface area contributed by atoms with Crippen molar-refractivity contribution in [3.8, 4) is 11.5 Å². The summed E-state index contributed by atoms with van der Waals surface area (Å²) in [4.78, 5) is 15.2. The number of esters is 1. The Morgan fingerprint density at radius 1 is 0.885 bits per heavy atom. The fraction of sp³-hybridized carbons (Fsp3) is 0.381. The first-order valence-electron chi connectivity index (χ1n) is 9.14. The van der Waals surface area contributed by atoms with Crippen molar-refractivity contribution in [1.82, 2.24) is 4.90 Å². The van der Waals surface area contributed by atoms with E-state index in [1.165, 1.54) is 0 Å². The van der Waals surface area contributed by atoms with Crippen molar-refractivity contribution in [2.24, 2.45) is 5.92 Å². The Morgan fingerprint density at radius 3 is 1.88 bits per heavy atom. The quantitative estimate of drug-likeness (QED) is 0.590. The molecule has 1 unspecified atom stereocenters. The van der Waals surface area contributed by atoms with E-state index in [4.69, 9.17) is 14.2 Å². The van der Waals surface area contributed by atoms with E-state index < -0.39 is 12.3 Å². The molecule has 136 valence electrons. The topological polar surface area (TPSA) is 48.0 Å². The second-order valence-corrected chi connectivity index (χ2v) is 6.81. The van der Waals surface area contributed by atoms with Gasteiger partial charge in [-0.2, -0.15) is 0 Å². The van der Waals surface area contributed by atoms with E-state index in [1.54, 1.807) is 24.3 Å². The molecule has 0 aliphatic carbocycles. The second kappa shape index (κ2) is 7.79. The highest BCUT2D eigenvalue weighted by Crippen LogP contribution is 2.30. The molecule has 3 saturated heterocycles. The maximum Gasteiger partial charge on any atom is 0.389 e. The lowest BCUT2D eigenvalue weighted by molar-refractivity contribution is -0.180. The standard InChI is InChI=1S/C21H23NO4/c23-20(26-19-15-22-13-11-16(19)12-14-22)21(24-17-7-3-1-4-8-17)25-18-9-5-2-6-10-18/h1-10,16,19,21H,11-15H2. The van der Waals surface area contributed by atoms with Gasteiger partial charge in [-0.15, -0.1) is 0 Å². The van der Waals surface area contributed by atoms with E-state index in [9.17, 15) is 4.79 Å². The minimum Gasteiger partial charge on any atom is -0.455 e. The number of hydrogen-bond acceptors (Lipinski definition) is 5. The molecule has 1 atom stereocenters. The average molecular weight is 353 g/mol. The first-order chi connectivity index (χ1) is 12.8. The normalized spacial score (nSPS) is 24.3. The van der Waals surface area contributed by atoms with E-state index in [0.717, 1.165) is 32.5 Å². The minimum atomic E-state index is -1.13. The second-order valence-electron chi connectivity index (χ2n) is 6.81. The number of rotatable bonds is 6. The monoisotopic (exact) mass is 353 g/mol. The Hall–Kier alpha value is -2.53. The number of benzene rings is 2. The number of para-hydroxylation sites is 2. The van der Waals surface area contributed by atoms with E-state index in [-0.39, 0.29) is 6.10 Å². The molecule has 2 bridgehead atoms. The van der Waals surface area contributed by atoms with Gasteiger partial charge in [-0.3, -0.25) is 4.90 Å². The summed E-state index contributed by atoms with van der Waals surface area (Å²) in [6.07, 6.45) is 0.963. The molecule has 5 heteroatoms. The molecular formula is C21H23NO4. The van der Waals surface area contributed by atoms with Crippen molar-refractivity contribution in [3.63, 3.8) is 0 Å². The van der Waals surface area contributed by atoms with Gasteiger partial charge in [0.2, 0.25) is 0 Å². The van der Waals surface area contributed by atoms with Gasteiger partial charge < -0.3 is 14.2 Å². The number of ether oxygens (including phenoxy) is 3. The van der Waals surface area contributed by atoms with Crippen LogP contribution in [0.25, 0.3) is 0 Å². The third-order valence-corrected chi connectivity index (χ3v) is 5.03. The molecule has 0 saturated carbocycles. The van der Waals surface area contributed by atoms with Gasteiger partial charge in [0.25, 0.3) is 0 Å². The summed E-state index contributed by atoms with van der Waals surface area (Å²) in [6.45, 7) is 3.01. The molecule has 0 N–H and O–H groups in total. The van der Waals surface area contributed by atoms with Crippen molar-refractivity contribution in [3.05, 3.63) is 60.7 Å². The van der Waals surface area contributed by atoms with Crippen molar-refractivity contribution in [2.75, 3.05) is 19.6 Å². The Kier molecular flexibility index (Phi) is 5.07. The Balaban J connectivity index is 1.46. The Morgan fingerprint density at radius 2 is 1.42 bits per heavy atom. The van der Waals surface area contributed by atoms with Crippen LogP contribution in [-0.4, -0.2) is 42.9 Å². The molecule has 3 fully saturated rings. The fourth-order valence-electron chi connectivity index (χ4n) is 3.61.